The Hall–Kier alpha value is -2.69. The lowest BCUT2D eigenvalue weighted by Gasteiger charge is -2.17. The fourth-order valence-electron chi connectivity index (χ4n) is 2.43. The van der Waals surface area contributed by atoms with Gasteiger partial charge in [0.15, 0.2) is 5.78 Å². The number of amides is 1. The Balaban J connectivity index is 1.97. The monoisotopic (exact) mass is 284 g/mol. The molecular weight excluding hydrogens is 271 g/mol. The predicted octanol–water partition coefficient (Wildman–Crippen LogP) is 2.52. The van der Waals surface area contributed by atoms with Gasteiger partial charge in [-0.2, -0.15) is 0 Å². The molecule has 0 saturated carbocycles. The normalized spacial score (nSPS) is 13.5. The van der Waals surface area contributed by atoms with Crippen LogP contribution in [0.3, 0.4) is 0 Å². The third-order valence-corrected chi connectivity index (χ3v) is 3.45. The molecule has 1 aliphatic heterocycles. The third-order valence-electron chi connectivity index (χ3n) is 3.45. The van der Waals surface area contributed by atoms with Crippen molar-refractivity contribution in [3.63, 3.8) is 0 Å². The number of fused-ring (bicyclic) bond motifs is 1. The molecule has 1 heterocycles. The Morgan fingerprint density at radius 3 is 2.67 bits per heavy atom. The van der Waals surface area contributed by atoms with E-state index in [0.29, 0.717) is 18.4 Å². The summed E-state index contributed by atoms with van der Waals surface area (Å²) >= 11 is 0. The first-order valence-corrected chi connectivity index (χ1v) is 6.56. The number of benzene rings is 2. The van der Waals surface area contributed by atoms with E-state index in [0.717, 1.165) is 11.3 Å². The van der Waals surface area contributed by atoms with Crippen LogP contribution >= 0.6 is 0 Å². The number of nitrogens with two attached hydrogens (primary N) is 1. The molecule has 0 unspecified atom stereocenters. The highest BCUT2D eigenvalue weighted by atomic mass is 19.1. The summed E-state index contributed by atoms with van der Waals surface area (Å²) in [5.74, 6) is -0.857. The largest absolute Gasteiger partial charge is 0.399 e. The molecule has 3 rings (SSSR count). The second kappa shape index (κ2) is 5.01. The second-order valence-electron chi connectivity index (χ2n) is 5.02. The van der Waals surface area contributed by atoms with Gasteiger partial charge < -0.3 is 11.1 Å². The SMILES string of the molecule is Nc1cc(F)cc(C(=O)c2ccc3c(c2)CCC(=O)N3)c1. The second-order valence-corrected chi connectivity index (χ2v) is 5.02. The van der Waals surface area contributed by atoms with E-state index in [2.05, 4.69) is 5.32 Å². The van der Waals surface area contributed by atoms with E-state index in [4.69, 9.17) is 5.73 Å². The van der Waals surface area contributed by atoms with Crippen LogP contribution in [0.1, 0.15) is 27.9 Å². The van der Waals surface area contributed by atoms with Crippen molar-refractivity contribution in [1.82, 2.24) is 0 Å². The van der Waals surface area contributed by atoms with Crippen molar-refractivity contribution >= 4 is 23.1 Å². The maximum absolute atomic E-state index is 13.3. The summed E-state index contributed by atoms with van der Waals surface area (Å²) in [7, 11) is 0. The van der Waals surface area contributed by atoms with Crippen molar-refractivity contribution < 1.29 is 14.0 Å². The minimum absolute atomic E-state index is 0.0283. The average Bonchev–Trinajstić information content (AvgIpc) is 2.45. The van der Waals surface area contributed by atoms with Gasteiger partial charge in [0.05, 0.1) is 0 Å². The summed E-state index contributed by atoms with van der Waals surface area (Å²) in [6.07, 6.45) is 0.991. The van der Waals surface area contributed by atoms with E-state index in [1.54, 1.807) is 18.2 Å². The van der Waals surface area contributed by atoms with E-state index in [1.165, 1.54) is 18.2 Å². The Bertz CT molecular complexity index is 736. The number of anilines is 2. The molecule has 1 aliphatic rings. The number of hydrogen-bond acceptors (Lipinski definition) is 3. The van der Waals surface area contributed by atoms with Crippen molar-refractivity contribution in [2.24, 2.45) is 0 Å². The van der Waals surface area contributed by atoms with Crippen LogP contribution in [0.15, 0.2) is 36.4 Å². The molecule has 3 N–H and O–H groups in total. The zero-order valence-corrected chi connectivity index (χ0v) is 11.2. The van der Waals surface area contributed by atoms with Crippen LogP contribution in [-0.4, -0.2) is 11.7 Å². The van der Waals surface area contributed by atoms with Crippen LogP contribution < -0.4 is 11.1 Å². The van der Waals surface area contributed by atoms with E-state index in [9.17, 15) is 14.0 Å². The molecule has 106 valence electrons. The van der Waals surface area contributed by atoms with Crippen LogP contribution in [0.5, 0.6) is 0 Å². The average molecular weight is 284 g/mol. The molecule has 0 spiro atoms. The first-order valence-electron chi connectivity index (χ1n) is 6.56. The Morgan fingerprint density at radius 1 is 1.10 bits per heavy atom. The van der Waals surface area contributed by atoms with Crippen molar-refractivity contribution in [3.8, 4) is 0 Å². The number of ketones is 1. The van der Waals surface area contributed by atoms with Gasteiger partial charge in [0, 0.05) is 28.9 Å². The van der Waals surface area contributed by atoms with Gasteiger partial charge in [-0.1, -0.05) is 0 Å². The molecule has 21 heavy (non-hydrogen) atoms. The van der Waals surface area contributed by atoms with Crippen molar-refractivity contribution in [3.05, 3.63) is 58.9 Å². The van der Waals surface area contributed by atoms with Crippen molar-refractivity contribution in [1.29, 1.82) is 0 Å². The summed E-state index contributed by atoms with van der Waals surface area (Å²) in [5.41, 5.74) is 8.07. The minimum atomic E-state index is -0.538. The van der Waals surface area contributed by atoms with Crippen LogP contribution in [0, 0.1) is 5.82 Å². The van der Waals surface area contributed by atoms with Gasteiger partial charge in [0.1, 0.15) is 5.82 Å². The number of carbonyl (C=O) groups is 2. The van der Waals surface area contributed by atoms with Gasteiger partial charge in [-0.3, -0.25) is 9.59 Å². The molecule has 1 amide bonds. The smallest absolute Gasteiger partial charge is 0.224 e. The van der Waals surface area contributed by atoms with Gasteiger partial charge in [-0.15, -0.1) is 0 Å². The van der Waals surface area contributed by atoms with Gasteiger partial charge >= 0.3 is 0 Å². The maximum atomic E-state index is 13.3. The highest BCUT2D eigenvalue weighted by Crippen LogP contribution is 2.25. The maximum Gasteiger partial charge on any atom is 0.224 e. The van der Waals surface area contributed by atoms with E-state index >= 15 is 0 Å². The van der Waals surface area contributed by atoms with Gasteiger partial charge in [0.2, 0.25) is 5.91 Å². The zero-order valence-electron chi connectivity index (χ0n) is 11.2. The molecular formula is C16H13FN2O2. The summed E-state index contributed by atoms with van der Waals surface area (Å²) in [5, 5.41) is 2.75. The highest BCUT2D eigenvalue weighted by molar-refractivity contribution is 6.10. The number of nitrogen functional groups attached to an aromatic ring is 1. The van der Waals surface area contributed by atoms with Crippen LogP contribution in [0.4, 0.5) is 15.8 Å². The molecule has 0 fully saturated rings. The van der Waals surface area contributed by atoms with Crippen LogP contribution in [-0.2, 0) is 11.2 Å². The lowest BCUT2D eigenvalue weighted by atomic mass is 9.96. The Labute approximate surface area is 120 Å². The highest BCUT2D eigenvalue weighted by Gasteiger charge is 2.17. The summed E-state index contributed by atoms with van der Waals surface area (Å²) in [4.78, 5) is 23.7. The van der Waals surface area contributed by atoms with E-state index < -0.39 is 5.82 Å². The lowest BCUT2D eigenvalue weighted by Crippen LogP contribution is -2.19. The molecule has 0 aliphatic carbocycles. The van der Waals surface area contributed by atoms with E-state index in [-0.39, 0.29) is 22.9 Å². The fourth-order valence-corrected chi connectivity index (χ4v) is 2.43. The molecule has 4 nitrogen and oxygen atoms in total. The first kappa shape index (κ1) is 13.3. The number of hydrogen-bond donors (Lipinski definition) is 2. The van der Waals surface area contributed by atoms with Crippen molar-refractivity contribution in [2.75, 3.05) is 11.1 Å². The Kier molecular flexibility index (Phi) is 3.17. The zero-order chi connectivity index (χ0) is 15.0. The number of aryl methyl sites for hydroxylation is 1. The predicted molar refractivity (Wildman–Crippen MR) is 77.6 cm³/mol. The van der Waals surface area contributed by atoms with Gasteiger partial charge in [-0.25, -0.2) is 4.39 Å². The number of nitrogens with one attached hydrogen (secondary N) is 1. The molecule has 0 bridgehead atoms. The lowest BCUT2D eigenvalue weighted by molar-refractivity contribution is -0.116. The first-order chi connectivity index (χ1) is 10.0. The topological polar surface area (TPSA) is 72.2 Å². The Morgan fingerprint density at radius 2 is 1.90 bits per heavy atom. The summed E-state index contributed by atoms with van der Waals surface area (Å²) < 4.78 is 13.3. The van der Waals surface area contributed by atoms with Crippen LogP contribution in [0.25, 0.3) is 0 Å². The number of halogens is 1. The molecule has 0 radical (unpaired) electrons. The summed E-state index contributed by atoms with van der Waals surface area (Å²) in [6, 6.07) is 8.83. The third kappa shape index (κ3) is 2.63. The number of rotatable bonds is 2. The molecule has 0 aromatic heterocycles. The molecule has 0 saturated heterocycles. The van der Waals surface area contributed by atoms with Gasteiger partial charge in [0.25, 0.3) is 0 Å². The quantitative estimate of drug-likeness (QED) is 0.657. The van der Waals surface area contributed by atoms with Crippen LogP contribution in [0.2, 0.25) is 0 Å². The standard InChI is InChI=1S/C16H13FN2O2/c17-12-6-11(7-13(18)8-12)16(21)10-1-3-14-9(5-10)2-4-15(20)19-14/h1,3,5-8H,2,4,18H2,(H,19,20). The molecule has 0 atom stereocenters. The minimum Gasteiger partial charge on any atom is -0.399 e. The molecule has 2 aromatic rings. The number of carbonyl (C=O) groups excluding carboxylic acids is 2. The van der Waals surface area contributed by atoms with E-state index in [1.807, 2.05) is 0 Å². The fraction of sp³-hybridized carbons (Fsp3) is 0.125. The summed E-state index contributed by atoms with van der Waals surface area (Å²) in [6.45, 7) is 0. The van der Waals surface area contributed by atoms with Gasteiger partial charge in [-0.05, 0) is 48.4 Å². The molecule has 2 aromatic carbocycles. The molecule has 5 heteroatoms. The van der Waals surface area contributed by atoms with Crippen molar-refractivity contribution in [2.45, 2.75) is 12.8 Å².